The number of halogens is 2. The van der Waals surface area contributed by atoms with Crippen LogP contribution in [0.25, 0.3) is 0 Å². The number of carbonyl (C=O) groups excluding carboxylic acids is 2. The van der Waals surface area contributed by atoms with E-state index in [0.29, 0.717) is 29.9 Å². The van der Waals surface area contributed by atoms with E-state index in [9.17, 15) is 14.0 Å². The number of Topliss-reactive ketones (excluding diaryl/α,β-unsaturated/α-hetero) is 1. The van der Waals surface area contributed by atoms with Gasteiger partial charge in [-0.3, -0.25) is 19.4 Å². The number of hydrogen-bond donors (Lipinski definition) is 1. The maximum absolute atomic E-state index is 14.0. The summed E-state index contributed by atoms with van der Waals surface area (Å²) in [7, 11) is 0. The van der Waals surface area contributed by atoms with Crippen LogP contribution in [0.2, 0.25) is 0 Å². The van der Waals surface area contributed by atoms with Crippen molar-refractivity contribution in [3.8, 4) is 0 Å². The second-order valence-corrected chi connectivity index (χ2v) is 7.89. The summed E-state index contributed by atoms with van der Waals surface area (Å²) in [6, 6.07) is 12.0. The van der Waals surface area contributed by atoms with Crippen molar-refractivity contribution in [3.63, 3.8) is 0 Å². The summed E-state index contributed by atoms with van der Waals surface area (Å²) in [5.41, 5.74) is 1.99. The van der Waals surface area contributed by atoms with Gasteiger partial charge < -0.3 is 5.32 Å². The first-order valence-electron chi connectivity index (χ1n) is 9.20. The third kappa shape index (κ3) is 5.70. The molecule has 0 unspecified atom stereocenters. The van der Waals surface area contributed by atoms with Crippen molar-refractivity contribution < 1.29 is 14.0 Å². The third-order valence-electron chi connectivity index (χ3n) is 4.82. The molecule has 28 heavy (non-hydrogen) atoms. The lowest BCUT2D eigenvalue weighted by Crippen LogP contribution is -2.48. The molecule has 0 saturated carbocycles. The molecule has 1 N–H and O–H groups in total. The minimum atomic E-state index is -0.202. The molecule has 5 nitrogen and oxygen atoms in total. The Morgan fingerprint density at radius 3 is 2.29 bits per heavy atom. The average molecular weight is 448 g/mol. The van der Waals surface area contributed by atoms with E-state index in [-0.39, 0.29) is 17.5 Å². The number of nitrogens with one attached hydrogen (secondary N) is 1. The second-order valence-electron chi connectivity index (χ2n) is 6.97. The zero-order chi connectivity index (χ0) is 20.1. The van der Waals surface area contributed by atoms with E-state index in [2.05, 4.69) is 31.0 Å². The highest BCUT2D eigenvalue weighted by molar-refractivity contribution is 9.10. The SMILES string of the molecule is CC(=O)c1ccc(NC(=O)CN2CCN(Cc3ccc(Br)cc3F)CC2)cc1. The predicted octanol–water partition coefficient (Wildman–Crippen LogP) is 3.55. The van der Waals surface area contributed by atoms with Crippen LogP contribution >= 0.6 is 15.9 Å². The summed E-state index contributed by atoms with van der Waals surface area (Å²) in [5.74, 6) is -0.284. The number of rotatable bonds is 6. The molecule has 0 bridgehead atoms. The molecule has 1 fully saturated rings. The molecule has 2 aromatic carbocycles. The number of benzene rings is 2. The van der Waals surface area contributed by atoms with Gasteiger partial charge in [0.25, 0.3) is 0 Å². The molecule has 148 valence electrons. The van der Waals surface area contributed by atoms with Crippen LogP contribution in [0.1, 0.15) is 22.8 Å². The Kier molecular flexibility index (Phi) is 6.93. The van der Waals surface area contributed by atoms with Crippen molar-refractivity contribution in [2.24, 2.45) is 0 Å². The molecule has 3 rings (SSSR count). The van der Waals surface area contributed by atoms with E-state index < -0.39 is 0 Å². The molecule has 2 aromatic rings. The third-order valence-corrected chi connectivity index (χ3v) is 5.31. The van der Waals surface area contributed by atoms with Crippen molar-refractivity contribution in [1.29, 1.82) is 0 Å². The maximum atomic E-state index is 14.0. The molecule has 1 aliphatic rings. The number of piperazine rings is 1. The van der Waals surface area contributed by atoms with Gasteiger partial charge in [-0.25, -0.2) is 4.39 Å². The van der Waals surface area contributed by atoms with Crippen LogP contribution in [0.15, 0.2) is 46.9 Å². The Balaban J connectivity index is 1.44. The Bertz CT molecular complexity index is 849. The fourth-order valence-electron chi connectivity index (χ4n) is 3.19. The number of amides is 1. The smallest absolute Gasteiger partial charge is 0.238 e. The molecule has 1 aliphatic heterocycles. The summed E-state index contributed by atoms with van der Waals surface area (Å²) in [5, 5.41) is 2.86. The molecule has 1 heterocycles. The number of nitrogens with zero attached hydrogens (tertiary/aromatic N) is 2. The Morgan fingerprint density at radius 2 is 1.68 bits per heavy atom. The summed E-state index contributed by atoms with van der Waals surface area (Å²) in [6.07, 6.45) is 0. The van der Waals surface area contributed by atoms with Crippen LogP contribution in [0.4, 0.5) is 10.1 Å². The van der Waals surface area contributed by atoms with Gasteiger partial charge in [-0.15, -0.1) is 0 Å². The standard InChI is InChI=1S/C21H23BrFN3O2/c1-15(27)16-3-6-19(7-4-16)24-21(28)14-26-10-8-25(9-11-26)13-17-2-5-18(22)12-20(17)23/h2-7,12H,8-11,13-14H2,1H3,(H,24,28). The van der Waals surface area contributed by atoms with Gasteiger partial charge in [-0.2, -0.15) is 0 Å². The van der Waals surface area contributed by atoms with Crippen LogP contribution in [0.3, 0.4) is 0 Å². The minimum Gasteiger partial charge on any atom is -0.325 e. The number of hydrogen-bond acceptors (Lipinski definition) is 4. The lowest BCUT2D eigenvalue weighted by atomic mass is 10.1. The summed E-state index contributed by atoms with van der Waals surface area (Å²) in [4.78, 5) is 27.8. The van der Waals surface area contributed by atoms with Crippen LogP contribution < -0.4 is 5.32 Å². The first-order chi connectivity index (χ1) is 13.4. The summed E-state index contributed by atoms with van der Waals surface area (Å²) >= 11 is 3.27. The van der Waals surface area contributed by atoms with E-state index >= 15 is 0 Å². The summed E-state index contributed by atoms with van der Waals surface area (Å²) < 4.78 is 14.7. The number of carbonyl (C=O) groups is 2. The van der Waals surface area contributed by atoms with Crippen molar-refractivity contribution >= 4 is 33.3 Å². The molecular formula is C21H23BrFN3O2. The maximum Gasteiger partial charge on any atom is 0.238 e. The van der Waals surface area contributed by atoms with E-state index in [4.69, 9.17) is 0 Å². The predicted molar refractivity (Wildman–Crippen MR) is 111 cm³/mol. The van der Waals surface area contributed by atoms with E-state index in [1.165, 1.54) is 13.0 Å². The molecular weight excluding hydrogens is 425 g/mol. The van der Waals surface area contributed by atoms with Crippen LogP contribution in [-0.2, 0) is 11.3 Å². The fraction of sp³-hybridized carbons (Fsp3) is 0.333. The van der Waals surface area contributed by atoms with Gasteiger partial charge in [0.15, 0.2) is 5.78 Å². The topological polar surface area (TPSA) is 52.7 Å². The molecule has 0 aromatic heterocycles. The molecule has 1 amide bonds. The highest BCUT2D eigenvalue weighted by atomic mass is 79.9. The first kappa shape index (κ1) is 20.6. The minimum absolute atomic E-state index is 0.00114. The average Bonchev–Trinajstić information content (AvgIpc) is 2.66. The Morgan fingerprint density at radius 1 is 1.04 bits per heavy atom. The molecule has 1 saturated heterocycles. The highest BCUT2D eigenvalue weighted by Crippen LogP contribution is 2.17. The quantitative estimate of drug-likeness (QED) is 0.687. The highest BCUT2D eigenvalue weighted by Gasteiger charge is 2.20. The van der Waals surface area contributed by atoms with E-state index in [1.807, 2.05) is 6.07 Å². The monoisotopic (exact) mass is 447 g/mol. The van der Waals surface area contributed by atoms with Crippen molar-refractivity contribution in [2.75, 3.05) is 38.0 Å². The Labute approximate surface area is 172 Å². The van der Waals surface area contributed by atoms with Gasteiger partial charge in [-0.05, 0) is 43.3 Å². The lowest BCUT2D eigenvalue weighted by Gasteiger charge is -2.34. The first-order valence-corrected chi connectivity index (χ1v) is 9.99. The van der Waals surface area contributed by atoms with Crippen LogP contribution in [0, 0.1) is 5.82 Å². The number of anilines is 1. The largest absolute Gasteiger partial charge is 0.325 e. The van der Waals surface area contributed by atoms with E-state index in [0.717, 1.165) is 30.7 Å². The normalized spacial score (nSPS) is 15.4. The van der Waals surface area contributed by atoms with Gasteiger partial charge >= 0.3 is 0 Å². The van der Waals surface area contributed by atoms with Gasteiger partial charge in [-0.1, -0.05) is 22.0 Å². The van der Waals surface area contributed by atoms with E-state index in [1.54, 1.807) is 30.3 Å². The zero-order valence-corrected chi connectivity index (χ0v) is 17.3. The van der Waals surface area contributed by atoms with Crippen LogP contribution in [-0.4, -0.2) is 54.2 Å². The number of ketones is 1. The van der Waals surface area contributed by atoms with Crippen molar-refractivity contribution in [1.82, 2.24) is 9.80 Å². The van der Waals surface area contributed by atoms with Gasteiger partial charge in [0.2, 0.25) is 5.91 Å². The molecule has 7 heteroatoms. The zero-order valence-electron chi connectivity index (χ0n) is 15.8. The second kappa shape index (κ2) is 9.41. The molecule has 0 aliphatic carbocycles. The molecule has 0 radical (unpaired) electrons. The van der Waals surface area contributed by atoms with Crippen molar-refractivity contribution in [2.45, 2.75) is 13.5 Å². The lowest BCUT2D eigenvalue weighted by molar-refractivity contribution is -0.117. The van der Waals surface area contributed by atoms with Gasteiger partial charge in [0.05, 0.1) is 6.54 Å². The van der Waals surface area contributed by atoms with Gasteiger partial charge in [0.1, 0.15) is 5.82 Å². The van der Waals surface area contributed by atoms with Crippen molar-refractivity contribution in [3.05, 3.63) is 63.9 Å². The van der Waals surface area contributed by atoms with Gasteiger partial charge in [0, 0.05) is 54.0 Å². The Hall–Kier alpha value is -2.09. The fourth-order valence-corrected chi connectivity index (χ4v) is 3.52. The molecule has 0 spiro atoms. The summed E-state index contributed by atoms with van der Waals surface area (Å²) in [6.45, 7) is 5.49. The van der Waals surface area contributed by atoms with Crippen LogP contribution in [0.5, 0.6) is 0 Å². The molecule has 0 atom stereocenters.